The lowest BCUT2D eigenvalue weighted by molar-refractivity contribution is -0.155. The van der Waals surface area contributed by atoms with Crippen molar-refractivity contribution in [3.05, 3.63) is 88.6 Å². The number of nitrogens with zero attached hydrogens (tertiary/aromatic N) is 5. The molecule has 7 rings (SSSR count). The number of aromatic nitrogens is 2. The predicted molar refractivity (Wildman–Crippen MR) is 263 cm³/mol. The third kappa shape index (κ3) is 10.3. The molecule has 2 aromatic carbocycles. The van der Waals surface area contributed by atoms with Crippen LogP contribution in [0.3, 0.4) is 0 Å². The normalized spacial score (nSPS) is 21.6. The molecule has 16 heteroatoms. The summed E-state index contributed by atoms with van der Waals surface area (Å²) in [6, 6.07) is 15.6. The number of hydrogen-bond acceptors (Lipinski definition) is 10. The molecule has 3 aliphatic rings. The van der Waals surface area contributed by atoms with E-state index in [-0.39, 0.29) is 49.0 Å². The largest absolute Gasteiger partial charge is 0.464 e. The molecule has 3 aliphatic heterocycles. The lowest BCUT2D eigenvalue weighted by Gasteiger charge is -2.37. The van der Waals surface area contributed by atoms with E-state index in [1.54, 1.807) is 27.3 Å². The first-order valence-corrected chi connectivity index (χ1v) is 25.4. The van der Waals surface area contributed by atoms with Gasteiger partial charge in [0.1, 0.15) is 18.1 Å². The lowest BCUT2D eigenvalue weighted by Crippen LogP contribution is -2.62. The highest BCUT2D eigenvalue weighted by Crippen LogP contribution is 2.42. The van der Waals surface area contributed by atoms with Crippen LogP contribution >= 0.6 is 0 Å². The number of esters is 1. The van der Waals surface area contributed by atoms with Crippen molar-refractivity contribution in [2.45, 2.75) is 118 Å². The van der Waals surface area contributed by atoms with Gasteiger partial charge in [-0.25, -0.2) is 13.8 Å². The van der Waals surface area contributed by atoms with Crippen LogP contribution in [0.1, 0.15) is 97.6 Å². The van der Waals surface area contributed by atoms with Crippen LogP contribution in [0.2, 0.25) is 0 Å². The summed E-state index contributed by atoms with van der Waals surface area (Å²) in [4.78, 5) is 63.8. The number of amides is 3. The Morgan fingerprint density at radius 3 is 2.51 bits per heavy atom. The summed E-state index contributed by atoms with van der Waals surface area (Å²) < 4.78 is 41.8. The molecule has 68 heavy (non-hydrogen) atoms. The summed E-state index contributed by atoms with van der Waals surface area (Å²) in [5.41, 5.74) is 10.3. The molecule has 3 amide bonds. The van der Waals surface area contributed by atoms with Crippen molar-refractivity contribution >= 4 is 44.6 Å². The highest BCUT2D eigenvalue weighted by Gasteiger charge is 2.42. The number of likely N-dealkylation sites (N-methyl/N-ethyl adjacent to an activating group) is 1. The van der Waals surface area contributed by atoms with Crippen molar-refractivity contribution in [1.29, 1.82) is 0 Å². The molecule has 0 aliphatic carbocycles. The molecule has 0 radical (unpaired) electrons. The highest BCUT2D eigenvalue weighted by atomic mass is 32.2. The van der Waals surface area contributed by atoms with E-state index in [9.17, 15) is 27.6 Å². The molecule has 6 bridgehead atoms. The van der Waals surface area contributed by atoms with Gasteiger partial charge in [0.05, 0.1) is 34.9 Å². The summed E-state index contributed by atoms with van der Waals surface area (Å²) in [5, 5.41) is 5.53. The molecule has 5 atom stereocenters. The summed E-state index contributed by atoms with van der Waals surface area (Å²) in [6.45, 7) is 16.5. The van der Waals surface area contributed by atoms with Gasteiger partial charge in [0, 0.05) is 74.8 Å². The number of pyridine rings is 1. The average Bonchev–Trinajstić information content (AvgIpc) is 3.95. The predicted octanol–water partition coefficient (Wildman–Crippen LogP) is 6.80. The minimum atomic E-state index is -3.70. The number of ether oxygens (including phenoxy) is 2. The van der Waals surface area contributed by atoms with Gasteiger partial charge in [0.15, 0.2) is 0 Å². The van der Waals surface area contributed by atoms with Crippen LogP contribution in [-0.2, 0) is 58.1 Å². The maximum atomic E-state index is 14.7. The zero-order chi connectivity index (χ0) is 49.2. The Balaban J connectivity index is 1.27. The van der Waals surface area contributed by atoms with Gasteiger partial charge in [-0.1, -0.05) is 64.1 Å². The molecule has 2 N–H and O–H groups in total. The number of carbonyl (C=O) groups excluding carboxylic acids is 4. The summed E-state index contributed by atoms with van der Waals surface area (Å²) >= 11 is 0. The Labute approximate surface area is 401 Å². The second kappa shape index (κ2) is 20.7. The minimum Gasteiger partial charge on any atom is -0.464 e. The number of cyclic esters (lactones) is 1. The molecule has 0 spiro atoms. The summed E-state index contributed by atoms with van der Waals surface area (Å²) in [5.74, 6) is -2.74. The zero-order valence-corrected chi connectivity index (χ0v) is 42.1. The van der Waals surface area contributed by atoms with Crippen LogP contribution in [-0.4, -0.2) is 114 Å². The lowest BCUT2D eigenvalue weighted by atomic mass is 9.84. The second-order valence-electron chi connectivity index (χ2n) is 19.7. The van der Waals surface area contributed by atoms with E-state index < -0.39 is 57.3 Å². The number of hydrazine groups is 1. The van der Waals surface area contributed by atoms with Crippen molar-refractivity contribution in [1.82, 2.24) is 34.5 Å². The highest BCUT2D eigenvalue weighted by molar-refractivity contribution is 7.93. The van der Waals surface area contributed by atoms with Gasteiger partial charge in [-0.15, -0.1) is 0 Å². The van der Waals surface area contributed by atoms with Crippen LogP contribution < -0.4 is 10.7 Å². The molecule has 15 nitrogen and oxygen atoms in total. The van der Waals surface area contributed by atoms with Gasteiger partial charge in [-0.2, -0.15) is 4.31 Å². The van der Waals surface area contributed by atoms with Crippen molar-refractivity contribution in [3.8, 4) is 22.4 Å². The maximum Gasteiger partial charge on any atom is 0.324 e. The van der Waals surface area contributed by atoms with Crippen LogP contribution in [0.4, 0.5) is 0 Å². The van der Waals surface area contributed by atoms with Gasteiger partial charge < -0.3 is 24.3 Å². The number of aryl methyl sites for hydroxylation is 1. The minimum absolute atomic E-state index is 0.0151. The number of carbonyl (C=O) groups is 4. The number of hydrogen-bond donors (Lipinski definition) is 2. The molecule has 4 aromatic rings. The van der Waals surface area contributed by atoms with Crippen LogP contribution in [0.5, 0.6) is 0 Å². The standard InChI is InChI=1S/C52H69N7O8S/c1-11-33(5)68(64,65)57-25-22-38(30-57)49(61)56(9)46(32(3)4)48(60)54-43-27-35-16-13-17-36(26-35)37-20-21-44-40(28-37)41(47(58(44)12-2)39-18-14-23-53-45(39)34(6)66-10)29-52(7,8)31-67-51(63)42-19-15-24-59(55-42)50(43)62/h11,13-14,16-18,20-21,23,26,28,32,34,38,42-43,46,55H,12,15,19,22,24-25,27,29-31H2,1-10H3,(H,54,60)/b33-11+/t34-,38-,42-,43-,46-/m0/s1. The Morgan fingerprint density at radius 2 is 1.81 bits per heavy atom. The van der Waals surface area contributed by atoms with E-state index in [1.807, 2.05) is 51.1 Å². The van der Waals surface area contributed by atoms with E-state index in [0.717, 1.165) is 50.1 Å². The molecule has 2 saturated heterocycles. The second-order valence-corrected chi connectivity index (χ2v) is 21.8. The molecule has 0 unspecified atom stereocenters. The summed E-state index contributed by atoms with van der Waals surface area (Å²) in [6.07, 6.45) is 5.07. The molecule has 2 aromatic heterocycles. The summed E-state index contributed by atoms with van der Waals surface area (Å²) in [7, 11) is -0.456. The third-order valence-electron chi connectivity index (χ3n) is 13.9. The smallest absolute Gasteiger partial charge is 0.324 e. The van der Waals surface area contributed by atoms with Crippen LogP contribution in [0.25, 0.3) is 33.3 Å². The van der Waals surface area contributed by atoms with Gasteiger partial charge in [-0.3, -0.25) is 29.2 Å². The van der Waals surface area contributed by atoms with Gasteiger partial charge in [0.25, 0.3) is 5.91 Å². The van der Waals surface area contributed by atoms with E-state index in [4.69, 9.17) is 14.5 Å². The van der Waals surface area contributed by atoms with E-state index in [0.29, 0.717) is 38.8 Å². The fourth-order valence-electron chi connectivity index (χ4n) is 10.1. The molecule has 2 fully saturated rings. The number of sulfonamides is 1. The van der Waals surface area contributed by atoms with E-state index in [2.05, 4.69) is 60.3 Å². The van der Waals surface area contributed by atoms with Crippen molar-refractivity contribution < 1.29 is 37.1 Å². The number of methoxy groups -OCH3 is 1. The monoisotopic (exact) mass is 951 g/mol. The van der Waals surface area contributed by atoms with Crippen molar-refractivity contribution in [2.24, 2.45) is 17.3 Å². The third-order valence-corrected chi connectivity index (χ3v) is 16.0. The van der Waals surface area contributed by atoms with Gasteiger partial charge in [0.2, 0.25) is 21.8 Å². The maximum absolute atomic E-state index is 14.7. The Kier molecular flexibility index (Phi) is 15.3. The van der Waals surface area contributed by atoms with Gasteiger partial charge >= 0.3 is 5.97 Å². The SMILES string of the molecule is C/C=C(\C)S(=O)(=O)N1CC[C@H](C(=O)N(C)[C@H](C(=O)N[C@H]2Cc3cccc(c3)-c3ccc4c(c3)c(c(-c3cccnc3[C@H](C)OC)n4CC)CC(C)(C)COC(=O)[C@@H]3CCCN(N3)C2=O)C(C)C)C1. The van der Waals surface area contributed by atoms with Crippen LogP contribution in [0, 0.1) is 17.3 Å². The van der Waals surface area contributed by atoms with Gasteiger partial charge in [-0.05, 0) is 106 Å². The van der Waals surface area contributed by atoms with E-state index in [1.165, 1.54) is 27.2 Å². The fraction of sp³-hybridized carbons (Fsp3) is 0.519. The number of allylic oxidation sites excluding steroid dienone is 2. The number of benzene rings is 2. The fourth-order valence-corrected chi connectivity index (χ4v) is 11.5. The number of nitrogens with one attached hydrogen (secondary N) is 2. The van der Waals surface area contributed by atoms with Crippen LogP contribution in [0.15, 0.2) is 71.8 Å². The van der Waals surface area contributed by atoms with Crippen molar-refractivity contribution in [3.63, 3.8) is 0 Å². The molecular formula is C52H69N7O8S. The quantitative estimate of drug-likeness (QED) is 0.152. The van der Waals surface area contributed by atoms with Crippen molar-refractivity contribution in [2.75, 3.05) is 40.4 Å². The number of fused-ring (bicyclic) bond motifs is 6. The molecule has 0 saturated carbocycles. The first kappa shape index (κ1) is 50.5. The molecular weight excluding hydrogens is 883 g/mol. The first-order chi connectivity index (χ1) is 32.3. The zero-order valence-electron chi connectivity index (χ0n) is 41.3. The first-order valence-electron chi connectivity index (χ1n) is 24.0. The Morgan fingerprint density at radius 1 is 1.06 bits per heavy atom. The Hall–Kier alpha value is -5.42. The topological polar surface area (TPSA) is 172 Å². The molecule has 5 heterocycles. The van der Waals surface area contributed by atoms with E-state index >= 15 is 0 Å². The molecule has 366 valence electrons. The average molecular weight is 952 g/mol. The Bertz CT molecular complexity index is 2690. The number of rotatable bonds is 11.